The van der Waals surface area contributed by atoms with Crippen LogP contribution in [0, 0.1) is 0 Å². The monoisotopic (exact) mass is 340 g/mol. The number of ketones is 1. The highest BCUT2D eigenvalue weighted by atomic mass is 79.9. The maximum Gasteiger partial charge on any atom is 0.458 e. The second-order valence-electron chi connectivity index (χ2n) is 4.27. The van der Waals surface area contributed by atoms with Gasteiger partial charge in [0.2, 0.25) is 0 Å². The van der Waals surface area contributed by atoms with Crippen molar-refractivity contribution in [3.63, 3.8) is 0 Å². The first-order valence-electron chi connectivity index (χ1n) is 6.17. The van der Waals surface area contributed by atoms with E-state index in [-0.39, 0.29) is 5.76 Å². The van der Waals surface area contributed by atoms with Crippen LogP contribution in [0.15, 0.2) is 68.6 Å². The van der Waals surface area contributed by atoms with Crippen LogP contribution in [0.1, 0.15) is 10.6 Å². The lowest BCUT2D eigenvalue weighted by Gasteiger charge is -2.09. The van der Waals surface area contributed by atoms with Crippen molar-refractivity contribution in [3.05, 3.63) is 70.3 Å². The molecule has 21 heavy (non-hydrogen) atoms. The second-order valence-corrected chi connectivity index (χ2v) is 5.18. The van der Waals surface area contributed by atoms with Crippen molar-refractivity contribution in [3.8, 4) is 0 Å². The SMILES string of the molecule is O=C([C+]=N[N-]c1ccccc1)c1cc2cc(Br)ccc2o1. The molecule has 2 aromatic carbocycles. The van der Waals surface area contributed by atoms with Crippen LogP contribution in [0.2, 0.25) is 0 Å². The van der Waals surface area contributed by atoms with E-state index < -0.39 is 5.78 Å². The van der Waals surface area contributed by atoms with Gasteiger partial charge in [0.25, 0.3) is 6.21 Å². The van der Waals surface area contributed by atoms with Gasteiger partial charge in [0.15, 0.2) is 5.58 Å². The molecule has 4 nitrogen and oxygen atoms in total. The van der Waals surface area contributed by atoms with Crippen molar-refractivity contribution in [2.45, 2.75) is 0 Å². The van der Waals surface area contributed by atoms with Gasteiger partial charge in [-0.2, -0.15) is 0 Å². The summed E-state index contributed by atoms with van der Waals surface area (Å²) < 4.78 is 6.38. The average Bonchev–Trinajstić information content (AvgIpc) is 2.91. The second kappa shape index (κ2) is 5.87. The van der Waals surface area contributed by atoms with E-state index in [1.54, 1.807) is 24.3 Å². The van der Waals surface area contributed by atoms with Crippen LogP contribution in [0.3, 0.4) is 0 Å². The number of halogens is 1. The Kier molecular flexibility index (Phi) is 3.77. The summed E-state index contributed by atoms with van der Waals surface area (Å²) in [7, 11) is 0. The number of carbonyl (C=O) groups excluding carboxylic acids is 1. The predicted octanol–water partition coefficient (Wildman–Crippen LogP) is 4.95. The topological polar surface area (TPSA) is 56.7 Å². The van der Waals surface area contributed by atoms with E-state index in [4.69, 9.17) is 4.42 Å². The molecule has 3 aromatic rings. The van der Waals surface area contributed by atoms with Crippen LogP contribution in [0.4, 0.5) is 5.69 Å². The Labute approximate surface area is 129 Å². The molecule has 0 aliphatic heterocycles. The van der Waals surface area contributed by atoms with Gasteiger partial charge in [-0.1, -0.05) is 46.3 Å². The number of rotatable bonds is 4. The summed E-state index contributed by atoms with van der Waals surface area (Å²) in [5.41, 5.74) is 5.18. The van der Waals surface area contributed by atoms with E-state index in [1.165, 1.54) is 0 Å². The molecule has 1 aromatic heterocycles. The van der Waals surface area contributed by atoms with Crippen molar-refractivity contribution < 1.29 is 9.21 Å². The van der Waals surface area contributed by atoms with E-state index in [9.17, 15) is 4.79 Å². The quantitative estimate of drug-likeness (QED) is 0.292. The minimum absolute atomic E-state index is 0.190. The van der Waals surface area contributed by atoms with Crippen molar-refractivity contribution >= 4 is 44.6 Å². The highest BCUT2D eigenvalue weighted by molar-refractivity contribution is 9.10. The maximum atomic E-state index is 11.9. The lowest BCUT2D eigenvalue weighted by atomic mass is 10.2. The van der Waals surface area contributed by atoms with E-state index in [0.717, 1.165) is 9.86 Å². The van der Waals surface area contributed by atoms with E-state index in [0.29, 0.717) is 11.3 Å². The average molecular weight is 341 g/mol. The third-order valence-corrected chi connectivity index (χ3v) is 3.27. The fraction of sp³-hybridized carbons (Fsp3) is 0. The maximum absolute atomic E-state index is 11.9. The van der Waals surface area contributed by atoms with Gasteiger partial charge in [0, 0.05) is 9.86 Å². The summed E-state index contributed by atoms with van der Waals surface area (Å²) in [5, 5.41) is 4.50. The molecule has 0 aliphatic carbocycles. The van der Waals surface area contributed by atoms with Crippen molar-refractivity contribution in [1.29, 1.82) is 0 Å². The highest BCUT2D eigenvalue weighted by Gasteiger charge is 2.22. The molecule has 1 heterocycles. The summed E-state index contributed by atoms with van der Waals surface area (Å²) in [5.74, 6) is -0.253. The minimum Gasteiger partial charge on any atom is -0.546 e. The Balaban J connectivity index is 1.74. The van der Waals surface area contributed by atoms with Crippen LogP contribution in [0.5, 0.6) is 0 Å². The van der Waals surface area contributed by atoms with Crippen LogP contribution in [-0.4, -0.2) is 12.0 Å². The molecule has 0 unspecified atom stereocenters. The number of carbonyl (C=O) groups is 1. The standard InChI is InChI=1S/C16H9BrN2O2/c17-12-6-7-15-11(8-12)9-16(21-15)14(20)10-18-19-13-4-2-1-3-5-13/h1-9H. The number of benzene rings is 2. The molecule has 0 radical (unpaired) electrons. The van der Waals surface area contributed by atoms with Crippen LogP contribution < -0.4 is 0 Å². The van der Waals surface area contributed by atoms with Gasteiger partial charge in [0.05, 0.1) is 6.07 Å². The molecule has 0 saturated carbocycles. The Morgan fingerprint density at radius 1 is 1.14 bits per heavy atom. The number of nitrogens with zero attached hydrogens (tertiary/aromatic N) is 2. The highest BCUT2D eigenvalue weighted by Crippen LogP contribution is 2.23. The molecule has 0 saturated heterocycles. The zero-order chi connectivity index (χ0) is 14.7. The van der Waals surface area contributed by atoms with E-state index >= 15 is 0 Å². The molecule has 0 fully saturated rings. The van der Waals surface area contributed by atoms with Crippen LogP contribution in [0.25, 0.3) is 16.4 Å². The zero-order valence-corrected chi connectivity index (χ0v) is 12.4. The molecular weight excluding hydrogens is 332 g/mol. The zero-order valence-electron chi connectivity index (χ0n) is 10.8. The first-order valence-corrected chi connectivity index (χ1v) is 6.97. The fourth-order valence-electron chi connectivity index (χ4n) is 1.80. The van der Waals surface area contributed by atoms with Gasteiger partial charge < -0.3 is 9.84 Å². The molecular formula is C16H9BrN2O2. The molecule has 0 bridgehead atoms. The largest absolute Gasteiger partial charge is 0.546 e. The van der Waals surface area contributed by atoms with Gasteiger partial charge in [-0.3, -0.25) is 0 Å². The summed E-state index contributed by atoms with van der Waals surface area (Å²) in [6.07, 6.45) is 2.34. The Morgan fingerprint density at radius 3 is 2.76 bits per heavy atom. The number of hydrogen-bond donors (Lipinski definition) is 0. The van der Waals surface area contributed by atoms with Gasteiger partial charge in [-0.05, 0) is 18.2 Å². The Bertz CT molecular complexity index is 810. The van der Waals surface area contributed by atoms with Crippen molar-refractivity contribution in [1.82, 2.24) is 0 Å². The Morgan fingerprint density at radius 2 is 1.95 bits per heavy atom. The summed E-state index contributed by atoms with van der Waals surface area (Å²) in [6.45, 7) is 0. The third-order valence-electron chi connectivity index (χ3n) is 2.78. The smallest absolute Gasteiger partial charge is 0.458 e. The summed E-state index contributed by atoms with van der Waals surface area (Å²) in [6, 6.07) is 16.3. The molecule has 0 N–H and O–H groups in total. The van der Waals surface area contributed by atoms with E-state index in [2.05, 4.69) is 32.7 Å². The number of hydrogen-bond acceptors (Lipinski definition) is 3. The summed E-state index contributed by atoms with van der Waals surface area (Å²) >= 11 is 3.37. The fourth-order valence-corrected chi connectivity index (χ4v) is 2.18. The van der Waals surface area contributed by atoms with Crippen molar-refractivity contribution in [2.24, 2.45) is 5.10 Å². The van der Waals surface area contributed by atoms with Gasteiger partial charge in [-0.25, -0.2) is 9.90 Å². The molecule has 0 aliphatic rings. The molecule has 0 atom stereocenters. The van der Waals surface area contributed by atoms with Gasteiger partial charge in [0.1, 0.15) is 0 Å². The number of furan rings is 1. The predicted molar refractivity (Wildman–Crippen MR) is 85.1 cm³/mol. The normalized spacial score (nSPS) is 10.7. The molecule has 5 heteroatoms. The minimum atomic E-state index is -0.443. The molecule has 0 spiro atoms. The van der Waals surface area contributed by atoms with Gasteiger partial charge in [-0.15, -0.1) is 5.69 Å². The molecule has 0 amide bonds. The summed E-state index contributed by atoms with van der Waals surface area (Å²) in [4.78, 5) is 11.9. The first kappa shape index (κ1) is 13.5. The van der Waals surface area contributed by atoms with Gasteiger partial charge >= 0.3 is 11.5 Å². The lowest BCUT2D eigenvalue weighted by molar-refractivity contribution is 0.104. The third kappa shape index (κ3) is 3.16. The molecule has 3 rings (SSSR count). The van der Waals surface area contributed by atoms with E-state index in [1.807, 2.05) is 30.3 Å². The van der Waals surface area contributed by atoms with Crippen molar-refractivity contribution in [2.75, 3.05) is 0 Å². The lowest BCUT2D eigenvalue weighted by Crippen LogP contribution is -1.97. The van der Waals surface area contributed by atoms with Crippen LogP contribution >= 0.6 is 15.9 Å². The van der Waals surface area contributed by atoms with Crippen LogP contribution in [-0.2, 0) is 0 Å². The number of fused-ring (bicyclic) bond motifs is 1. The Hall–Kier alpha value is -2.49. The molecule has 102 valence electrons. The number of Topliss-reactive ketones (excluding diaryl/α,β-unsaturated/α-hetero) is 1. The first-order chi connectivity index (χ1) is 10.2.